The van der Waals surface area contributed by atoms with Crippen molar-refractivity contribution in [3.63, 3.8) is 0 Å². The number of hydrogen-bond donors (Lipinski definition) is 0. The Morgan fingerprint density at radius 3 is 2.21 bits per heavy atom. The number of para-hydroxylation sites is 1. The molecule has 0 unspecified atom stereocenters. The van der Waals surface area contributed by atoms with Crippen LogP contribution in [0.2, 0.25) is 0 Å². The van der Waals surface area contributed by atoms with Gasteiger partial charge in [0.05, 0.1) is 16.6 Å². The third-order valence-corrected chi connectivity index (χ3v) is 6.63. The van der Waals surface area contributed by atoms with Gasteiger partial charge < -0.3 is 0 Å². The summed E-state index contributed by atoms with van der Waals surface area (Å²) in [6.07, 6.45) is 0. The van der Waals surface area contributed by atoms with Gasteiger partial charge in [-0.1, -0.05) is 48.0 Å². The smallest absolute Gasteiger partial charge is 0.288 e. The van der Waals surface area contributed by atoms with Crippen LogP contribution < -0.4 is 10.5 Å². The number of carbonyl (C=O) groups excluding carboxylic acids is 1. The number of amides is 1. The van der Waals surface area contributed by atoms with Gasteiger partial charge in [0.25, 0.3) is 5.56 Å². The van der Waals surface area contributed by atoms with E-state index in [0.29, 0.717) is 5.69 Å². The van der Waals surface area contributed by atoms with E-state index in [1.54, 1.807) is 21.3 Å². The first-order valence-electron chi connectivity index (χ1n) is 9.29. The summed E-state index contributed by atoms with van der Waals surface area (Å²) in [6.45, 7) is 5.84. The van der Waals surface area contributed by atoms with E-state index in [-0.39, 0.29) is 22.1 Å². The molecular weight excluding hydrogens is 370 g/mol. The molecule has 1 aromatic heterocycles. The van der Waals surface area contributed by atoms with Gasteiger partial charge in [-0.25, -0.2) is 4.68 Å². The topological polar surface area (TPSA) is 47.2 Å². The molecule has 1 amide bonds. The fourth-order valence-electron chi connectivity index (χ4n) is 3.64. The second-order valence-electron chi connectivity index (χ2n) is 7.16. The van der Waals surface area contributed by atoms with Crippen LogP contribution in [0.25, 0.3) is 5.69 Å². The minimum Gasteiger partial charge on any atom is -0.288 e. The molecule has 0 saturated carbocycles. The minimum atomic E-state index is -0.207. The highest BCUT2D eigenvalue weighted by Gasteiger charge is 2.42. The maximum atomic E-state index is 13.4. The van der Waals surface area contributed by atoms with Crippen LogP contribution in [0.3, 0.4) is 0 Å². The number of carbonyl (C=O) groups is 1. The Labute approximate surface area is 168 Å². The van der Waals surface area contributed by atoms with Crippen LogP contribution in [-0.2, 0) is 11.8 Å². The van der Waals surface area contributed by atoms with Gasteiger partial charge >= 0.3 is 0 Å². The van der Waals surface area contributed by atoms with Gasteiger partial charge in [-0.15, -0.1) is 11.8 Å². The van der Waals surface area contributed by atoms with Crippen molar-refractivity contribution in [1.29, 1.82) is 0 Å². The van der Waals surface area contributed by atoms with Crippen LogP contribution in [-0.4, -0.2) is 20.5 Å². The number of aryl methyl sites for hydroxylation is 1. The van der Waals surface area contributed by atoms with Crippen molar-refractivity contribution in [3.05, 3.63) is 81.8 Å². The molecule has 0 radical (unpaired) electrons. The second kappa shape index (κ2) is 7.02. The van der Waals surface area contributed by atoms with Crippen LogP contribution in [0.5, 0.6) is 0 Å². The zero-order valence-corrected chi connectivity index (χ0v) is 17.2. The van der Waals surface area contributed by atoms with Gasteiger partial charge in [0.15, 0.2) is 0 Å². The van der Waals surface area contributed by atoms with E-state index < -0.39 is 0 Å². The van der Waals surface area contributed by atoms with Crippen molar-refractivity contribution in [1.82, 2.24) is 9.36 Å². The van der Waals surface area contributed by atoms with Crippen LogP contribution in [0.15, 0.2) is 59.4 Å². The van der Waals surface area contributed by atoms with Gasteiger partial charge in [-0.3, -0.25) is 19.2 Å². The monoisotopic (exact) mass is 393 g/mol. The summed E-state index contributed by atoms with van der Waals surface area (Å²) in [5.41, 5.74) is 4.03. The van der Waals surface area contributed by atoms with Gasteiger partial charge in [-0.05, 0) is 38.5 Å². The molecule has 2 atom stereocenters. The van der Waals surface area contributed by atoms with Crippen molar-refractivity contribution in [2.45, 2.75) is 31.4 Å². The Kier molecular flexibility index (Phi) is 4.67. The molecule has 1 aliphatic heterocycles. The molecule has 5 nitrogen and oxygen atoms in total. The summed E-state index contributed by atoms with van der Waals surface area (Å²) >= 11 is 1.58. The number of rotatable bonds is 3. The Morgan fingerprint density at radius 1 is 0.929 bits per heavy atom. The Hall–Kier alpha value is -2.73. The molecule has 4 rings (SSSR count). The molecule has 0 aliphatic carbocycles. The fourth-order valence-corrected chi connectivity index (χ4v) is 4.90. The van der Waals surface area contributed by atoms with Crippen molar-refractivity contribution >= 4 is 23.4 Å². The zero-order chi connectivity index (χ0) is 20.0. The highest BCUT2D eigenvalue weighted by atomic mass is 32.2. The molecule has 3 aromatic rings. The molecule has 28 heavy (non-hydrogen) atoms. The zero-order valence-electron chi connectivity index (χ0n) is 16.4. The number of nitrogens with zero attached hydrogens (tertiary/aromatic N) is 3. The van der Waals surface area contributed by atoms with E-state index in [4.69, 9.17) is 0 Å². The molecule has 1 saturated heterocycles. The Morgan fingerprint density at radius 2 is 1.57 bits per heavy atom. The molecule has 0 N–H and O–H groups in total. The van der Waals surface area contributed by atoms with Crippen LogP contribution in [0.4, 0.5) is 5.69 Å². The summed E-state index contributed by atoms with van der Waals surface area (Å²) in [6, 6.07) is 17.7. The Bertz CT molecular complexity index is 1080. The summed E-state index contributed by atoms with van der Waals surface area (Å²) in [5, 5.41) is -0.406. The third kappa shape index (κ3) is 2.88. The lowest BCUT2D eigenvalue weighted by Crippen LogP contribution is -2.34. The standard InChI is InChI=1S/C22H23N3O2S/c1-14-10-12-17(13-11-14)22-24(20(26)16(3)28-22)19-15(2)23(4)25(21(19)27)18-8-6-5-7-9-18/h5-13,16,22H,1-4H3/t16-,22-/m1/s1. The fraction of sp³-hybridized carbons (Fsp3) is 0.273. The van der Waals surface area contributed by atoms with E-state index in [0.717, 1.165) is 16.9 Å². The molecule has 1 fully saturated rings. The summed E-state index contributed by atoms with van der Waals surface area (Å²) in [4.78, 5) is 28.2. The summed E-state index contributed by atoms with van der Waals surface area (Å²) in [5.74, 6) is -0.0263. The first kappa shape index (κ1) is 18.6. The third-order valence-electron chi connectivity index (χ3n) is 5.28. The number of aromatic nitrogens is 2. The lowest BCUT2D eigenvalue weighted by Gasteiger charge is -2.23. The molecule has 144 valence electrons. The minimum absolute atomic E-state index is 0.0263. The second-order valence-corrected chi connectivity index (χ2v) is 8.59. The lowest BCUT2D eigenvalue weighted by molar-refractivity contribution is -0.117. The van der Waals surface area contributed by atoms with Gasteiger partial charge in [-0.2, -0.15) is 0 Å². The maximum Gasteiger partial charge on any atom is 0.295 e. The largest absolute Gasteiger partial charge is 0.295 e. The lowest BCUT2D eigenvalue weighted by atomic mass is 10.1. The summed E-state index contributed by atoms with van der Waals surface area (Å²) < 4.78 is 3.44. The number of hydrogen-bond acceptors (Lipinski definition) is 3. The normalized spacial score (nSPS) is 19.4. The van der Waals surface area contributed by atoms with Crippen molar-refractivity contribution in [2.75, 3.05) is 4.90 Å². The van der Waals surface area contributed by atoms with E-state index in [2.05, 4.69) is 0 Å². The van der Waals surface area contributed by atoms with E-state index in [1.807, 2.05) is 87.1 Å². The molecule has 6 heteroatoms. The molecule has 1 aliphatic rings. The van der Waals surface area contributed by atoms with Crippen molar-refractivity contribution in [3.8, 4) is 5.69 Å². The average Bonchev–Trinajstić information content (AvgIpc) is 3.09. The van der Waals surface area contributed by atoms with Crippen LogP contribution >= 0.6 is 11.8 Å². The highest BCUT2D eigenvalue weighted by molar-refractivity contribution is 8.01. The molecule has 0 spiro atoms. The van der Waals surface area contributed by atoms with E-state index in [9.17, 15) is 9.59 Å². The highest BCUT2D eigenvalue weighted by Crippen LogP contribution is 2.45. The first-order chi connectivity index (χ1) is 13.4. The summed E-state index contributed by atoms with van der Waals surface area (Å²) in [7, 11) is 1.85. The molecule has 0 bridgehead atoms. The van der Waals surface area contributed by atoms with Crippen molar-refractivity contribution in [2.24, 2.45) is 7.05 Å². The van der Waals surface area contributed by atoms with Gasteiger partial charge in [0, 0.05) is 7.05 Å². The van der Waals surface area contributed by atoms with Crippen molar-refractivity contribution < 1.29 is 4.79 Å². The van der Waals surface area contributed by atoms with E-state index in [1.165, 1.54) is 5.56 Å². The molecule has 2 heterocycles. The number of thioether (sulfide) groups is 1. The SMILES string of the molecule is Cc1ccc([C@H]2S[C@H](C)C(=O)N2c2c(C)n(C)n(-c3ccccc3)c2=O)cc1. The quantitative estimate of drug-likeness (QED) is 0.677. The predicted molar refractivity (Wildman–Crippen MR) is 114 cm³/mol. The first-order valence-corrected chi connectivity index (χ1v) is 10.2. The van der Waals surface area contributed by atoms with Gasteiger partial charge in [0.1, 0.15) is 11.1 Å². The number of anilines is 1. The average molecular weight is 394 g/mol. The Balaban J connectivity index is 1.88. The predicted octanol–water partition coefficient (Wildman–Crippen LogP) is 3.96. The van der Waals surface area contributed by atoms with Gasteiger partial charge in [0.2, 0.25) is 5.91 Å². The van der Waals surface area contributed by atoms with E-state index >= 15 is 0 Å². The molecule has 2 aromatic carbocycles. The van der Waals surface area contributed by atoms with Crippen LogP contribution in [0, 0.1) is 13.8 Å². The maximum absolute atomic E-state index is 13.4. The number of benzene rings is 2. The molecular formula is C22H23N3O2S. The van der Waals surface area contributed by atoms with Crippen LogP contribution in [0.1, 0.15) is 29.1 Å².